The average molecular weight is 159 g/mol. The Kier molecular flexibility index (Phi) is 3.01. The van der Waals surface area contributed by atoms with Gasteiger partial charge >= 0.3 is 0 Å². The highest BCUT2D eigenvalue weighted by molar-refractivity contribution is 7.99. The topological polar surface area (TPSA) is 23.8 Å². The number of alkyl halides is 1. The molecule has 56 valence electrons. The van der Waals surface area contributed by atoms with Crippen LogP contribution in [0.25, 0.3) is 0 Å². The Morgan fingerprint density at radius 3 is 2.80 bits per heavy atom. The van der Waals surface area contributed by atoms with Gasteiger partial charge in [0.25, 0.3) is 0 Å². The van der Waals surface area contributed by atoms with E-state index in [-0.39, 0.29) is 5.92 Å². The van der Waals surface area contributed by atoms with Gasteiger partial charge in [-0.1, -0.05) is 0 Å². The first-order valence-corrected chi connectivity index (χ1v) is 4.61. The van der Waals surface area contributed by atoms with Gasteiger partial charge in [0.15, 0.2) is 0 Å². The van der Waals surface area contributed by atoms with E-state index in [0.717, 1.165) is 17.9 Å². The molecule has 0 N–H and O–H groups in total. The molecule has 3 heteroatoms. The third-order valence-electron chi connectivity index (χ3n) is 1.71. The van der Waals surface area contributed by atoms with Crippen molar-refractivity contribution in [3.8, 4) is 6.07 Å². The van der Waals surface area contributed by atoms with Gasteiger partial charge < -0.3 is 0 Å². The van der Waals surface area contributed by atoms with Crippen LogP contribution >= 0.6 is 11.8 Å². The molecule has 1 fully saturated rings. The fourth-order valence-corrected chi connectivity index (χ4v) is 2.05. The van der Waals surface area contributed by atoms with E-state index in [4.69, 9.17) is 5.26 Å². The number of nitrogens with zero attached hydrogens (tertiary/aromatic N) is 1. The smallest absolute Gasteiger partial charge is 0.117 e. The van der Waals surface area contributed by atoms with Crippen molar-refractivity contribution in [1.82, 2.24) is 0 Å². The summed E-state index contributed by atoms with van der Waals surface area (Å²) in [5.41, 5.74) is 0. The van der Waals surface area contributed by atoms with Crippen LogP contribution in [0, 0.1) is 17.2 Å². The number of hydrogen-bond acceptors (Lipinski definition) is 2. The molecule has 0 spiro atoms. The molecule has 0 radical (unpaired) electrons. The third-order valence-corrected chi connectivity index (χ3v) is 2.76. The number of rotatable bonds is 0. The number of halogens is 1. The first-order valence-electron chi connectivity index (χ1n) is 3.46. The van der Waals surface area contributed by atoms with E-state index in [1.165, 1.54) is 0 Å². The van der Waals surface area contributed by atoms with Gasteiger partial charge in [-0.2, -0.15) is 17.0 Å². The minimum absolute atomic E-state index is 0.338. The molecule has 1 rings (SSSR count). The first-order chi connectivity index (χ1) is 4.84. The van der Waals surface area contributed by atoms with Gasteiger partial charge in [0, 0.05) is 0 Å². The lowest BCUT2D eigenvalue weighted by Crippen LogP contribution is -2.12. The molecule has 0 unspecified atom stereocenters. The zero-order valence-electron chi connectivity index (χ0n) is 5.72. The van der Waals surface area contributed by atoms with Crippen LogP contribution in [-0.4, -0.2) is 17.7 Å². The molecule has 1 saturated heterocycles. The zero-order valence-corrected chi connectivity index (χ0v) is 6.53. The van der Waals surface area contributed by atoms with E-state index in [2.05, 4.69) is 0 Å². The van der Waals surface area contributed by atoms with Crippen LogP contribution in [-0.2, 0) is 0 Å². The number of hydrogen-bond donors (Lipinski definition) is 0. The minimum Gasteiger partial charge on any atom is -0.246 e. The van der Waals surface area contributed by atoms with E-state index < -0.39 is 6.17 Å². The van der Waals surface area contributed by atoms with Gasteiger partial charge in [-0.3, -0.25) is 0 Å². The molecule has 1 heterocycles. The second kappa shape index (κ2) is 3.82. The summed E-state index contributed by atoms with van der Waals surface area (Å²) in [4.78, 5) is 0. The standard InChI is InChI=1S/C7H10FNS/c8-7-2-4-10-3-1-6(7)5-9/h6-7H,1-4H2/t6-,7-/m1/s1. The highest BCUT2D eigenvalue weighted by atomic mass is 32.2. The van der Waals surface area contributed by atoms with E-state index in [9.17, 15) is 4.39 Å². The summed E-state index contributed by atoms with van der Waals surface area (Å²) >= 11 is 1.75. The van der Waals surface area contributed by atoms with E-state index >= 15 is 0 Å². The van der Waals surface area contributed by atoms with Crippen molar-refractivity contribution in [2.24, 2.45) is 5.92 Å². The number of nitriles is 1. The van der Waals surface area contributed by atoms with Crippen LogP contribution in [0.3, 0.4) is 0 Å². The van der Waals surface area contributed by atoms with Gasteiger partial charge in [0.1, 0.15) is 6.17 Å². The second-order valence-corrected chi connectivity index (χ2v) is 3.67. The van der Waals surface area contributed by atoms with E-state index in [1.54, 1.807) is 11.8 Å². The molecule has 2 atom stereocenters. The predicted molar refractivity (Wildman–Crippen MR) is 40.6 cm³/mol. The average Bonchev–Trinajstić information content (AvgIpc) is 2.13. The van der Waals surface area contributed by atoms with Crippen LogP contribution in [0.2, 0.25) is 0 Å². The van der Waals surface area contributed by atoms with Crippen LogP contribution in [0.5, 0.6) is 0 Å². The summed E-state index contributed by atoms with van der Waals surface area (Å²) in [6.07, 6.45) is 0.408. The molecule has 1 aliphatic rings. The van der Waals surface area contributed by atoms with Crippen LogP contribution in [0.1, 0.15) is 12.8 Å². The summed E-state index contributed by atoms with van der Waals surface area (Å²) in [7, 11) is 0. The van der Waals surface area contributed by atoms with Gasteiger partial charge in [-0.15, -0.1) is 0 Å². The largest absolute Gasteiger partial charge is 0.246 e. The maximum atomic E-state index is 12.9. The Morgan fingerprint density at radius 2 is 2.10 bits per heavy atom. The Bertz CT molecular complexity index is 143. The zero-order chi connectivity index (χ0) is 7.40. The van der Waals surface area contributed by atoms with Crippen LogP contribution < -0.4 is 0 Å². The van der Waals surface area contributed by atoms with E-state index in [1.807, 2.05) is 6.07 Å². The fourth-order valence-electron chi connectivity index (χ4n) is 1.04. The van der Waals surface area contributed by atoms with Gasteiger partial charge in [-0.05, 0) is 24.3 Å². The molecule has 0 aromatic carbocycles. The quantitative estimate of drug-likeness (QED) is 0.539. The Morgan fingerprint density at radius 1 is 1.40 bits per heavy atom. The van der Waals surface area contributed by atoms with Gasteiger partial charge in [-0.25, -0.2) is 4.39 Å². The molecule has 0 aromatic heterocycles. The molecule has 0 amide bonds. The van der Waals surface area contributed by atoms with Crippen molar-refractivity contribution >= 4 is 11.8 Å². The lowest BCUT2D eigenvalue weighted by atomic mass is 10.0. The van der Waals surface area contributed by atoms with Gasteiger partial charge in [0.05, 0.1) is 12.0 Å². The molecule has 1 aliphatic heterocycles. The molecule has 10 heavy (non-hydrogen) atoms. The maximum absolute atomic E-state index is 12.9. The Hall–Kier alpha value is -0.230. The lowest BCUT2D eigenvalue weighted by molar-refractivity contribution is 0.261. The van der Waals surface area contributed by atoms with E-state index in [0.29, 0.717) is 6.42 Å². The number of thioether (sulfide) groups is 1. The molecule has 1 nitrogen and oxygen atoms in total. The van der Waals surface area contributed by atoms with Crippen molar-refractivity contribution in [1.29, 1.82) is 5.26 Å². The Balaban J connectivity index is 2.45. The predicted octanol–water partition coefficient (Wildman–Crippen LogP) is 1.99. The molecule has 0 bridgehead atoms. The summed E-state index contributed by atoms with van der Waals surface area (Å²) in [5.74, 6) is 1.48. The van der Waals surface area contributed by atoms with Crippen molar-refractivity contribution in [3.05, 3.63) is 0 Å². The maximum Gasteiger partial charge on any atom is 0.117 e. The summed E-state index contributed by atoms with van der Waals surface area (Å²) in [6, 6.07) is 2.01. The summed E-state index contributed by atoms with van der Waals surface area (Å²) in [6.45, 7) is 0. The highest BCUT2D eigenvalue weighted by Gasteiger charge is 2.22. The SMILES string of the molecule is N#C[C@H]1CCSCC[C@H]1F. The molecular weight excluding hydrogens is 149 g/mol. The Labute approximate surface area is 64.6 Å². The summed E-state index contributed by atoms with van der Waals surface area (Å²) in [5, 5.41) is 8.49. The van der Waals surface area contributed by atoms with Crippen LogP contribution in [0.15, 0.2) is 0 Å². The highest BCUT2D eigenvalue weighted by Crippen LogP contribution is 2.24. The van der Waals surface area contributed by atoms with Crippen molar-refractivity contribution in [2.75, 3.05) is 11.5 Å². The van der Waals surface area contributed by atoms with Crippen LogP contribution in [0.4, 0.5) is 4.39 Å². The molecular formula is C7H10FNS. The summed E-state index contributed by atoms with van der Waals surface area (Å²) < 4.78 is 12.9. The molecule has 0 aromatic rings. The van der Waals surface area contributed by atoms with Crippen molar-refractivity contribution in [2.45, 2.75) is 19.0 Å². The fraction of sp³-hybridized carbons (Fsp3) is 0.857. The molecule has 0 saturated carbocycles. The molecule has 0 aliphatic carbocycles. The monoisotopic (exact) mass is 159 g/mol. The third kappa shape index (κ3) is 1.88. The first kappa shape index (κ1) is 7.87. The van der Waals surface area contributed by atoms with Crippen molar-refractivity contribution in [3.63, 3.8) is 0 Å². The van der Waals surface area contributed by atoms with Crippen molar-refractivity contribution < 1.29 is 4.39 Å². The second-order valence-electron chi connectivity index (χ2n) is 2.44. The van der Waals surface area contributed by atoms with Gasteiger partial charge in [0.2, 0.25) is 0 Å². The minimum atomic E-state index is -0.875. The lowest BCUT2D eigenvalue weighted by Gasteiger charge is -2.07. The normalized spacial score (nSPS) is 34.4.